The third-order valence-corrected chi connectivity index (χ3v) is 5.62. The fourth-order valence-corrected chi connectivity index (χ4v) is 4.22. The lowest BCUT2D eigenvalue weighted by atomic mass is 10.1. The molecule has 4 heteroatoms. The van der Waals surface area contributed by atoms with E-state index in [1.165, 1.54) is 54.5 Å². The Morgan fingerprint density at radius 1 is 1.07 bits per heavy atom. The minimum absolute atomic E-state index is 0.609. The van der Waals surface area contributed by atoms with Gasteiger partial charge in [0, 0.05) is 23.7 Å². The van der Waals surface area contributed by atoms with Crippen LogP contribution >= 0.6 is 0 Å². The maximum atomic E-state index is 9.21. The summed E-state index contributed by atoms with van der Waals surface area (Å²) in [6.07, 6.45) is 3.93. The highest BCUT2D eigenvalue weighted by molar-refractivity contribution is 5.87. The predicted molar refractivity (Wildman–Crippen MR) is 108 cm³/mol. The zero-order valence-electron chi connectivity index (χ0n) is 16.0. The number of rotatable bonds is 4. The van der Waals surface area contributed by atoms with E-state index in [-0.39, 0.29) is 0 Å². The number of aromatic nitrogens is 1. The number of ether oxygens (including phenoxy) is 1. The van der Waals surface area contributed by atoms with Gasteiger partial charge in [0.15, 0.2) is 0 Å². The van der Waals surface area contributed by atoms with Crippen molar-refractivity contribution in [1.82, 2.24) is 9.47 Å². The predicted octanol–water partition coefficient (Wildman–Crippen LogP) is 4.81. The van der Waals surface area contributed by atoms with Gasteiger partial charge in [-0.25, -0.2) is 0 Å². The fraction of sp³-hybridized carbons (Fsp3) is 0.348. The summed E-state index contributed by atoms with van der Waals surface area (Å²) in [6, 6.07) is 16.4. The van der Waals surface area contributed by atoms with Crippen LogP contribution in [0.3, 0.4) is 0 Å². The lowest BCUT2D eigenvalue weighted by Gasteiger charge is -2.26. The number of nitriles is 1. The quantitative estimate of drug-likeness (QED) is 0.671. The summed E-state index contributed by atoms with van der Waals surface area (Å²) in [6.45, 7) is 5.53. The van der Waals surface area contributed by atoms with Crippen molar-refractivity contribution < 1.29 is 4.74 Å². The van der Waals surface area contributed by atoms with E-state index >= 15 is 0 Å². The minimum Gasteiger partial charge on any atom is -0.495 e. The van der Waals surface area contributed by atoms with E-state index in [0.29, 0.717) is 5.56 Å². The average Bonchev–Trinajstić information content (AvgIpc) is 3.00. The van der Waals surface area contributed by atoms with Crippen molar-refractivity contribution in [3.63, 3.8) is 0 Å². The molecule has 0 atom stereocenters. The smallest absolute Gasteiger partial charge is 0.144 e. The summed E-state index contributed by atoms with van der Waals surface area (Å²) in [5.41, 5.74) is 5.40. The van der Waals surface area contributed by atoms with Crippen LogP contribution in [0.5, 0.6) is 5.75 Å². The molecule has 4 nitrogen and oxygen atoms in total. The first-order chi connectivity index (χ1) is 13.2. The van der Waals surface area contributed by atoms with Gasteiger partial charge in [-0.05, 0) is 56.6 Å². The SMILES string of the molecule is COc1cc(C#N)ccc1-n1c(C)c(CN2CCCCC2)c2ccccc21. The van der Waals surface area contributed by atoms with Crippen LogP contribution in [0.1, 0.15) is 36.1 Å². The number of fused-ring (bicyclic) bond motifs is 1. The van der Waals surface area contributed by atoms with Crippen LogP contribution in [-0.4, -0.2) is 29.7 Å². The number of hydrogen-bond acceptors (Lipinski definition) is 3. The molecule has 0 saturated carbocycles. The molecule has 0 N–H and O–H groups in total. The number of benzene rings is 2. The summed E-state index contributed by atoms with van der Waals surface area (Å²) in [5.74, 6) is 0.724. The highest BCUT2D eigenvalue weighted by atomic mass is 16.5. The molecule has 0 amide bonds. The molecule has 2 heterocycles. The second kappa shape index (κ2) is 7.46. The number of hydrogen-bond donors (Lipinski definition) is 0. The van der Waals surface area contributed by atoms with E-state index in [2.05, 4.69) is 46.7 Å². The normalized spacial score (nSPS) is 15.0. The number of nitrogens with zero attached hydrogens (tertiary/aromatic N) is 3. The molecular weight excluding hydrogens is 334 g/mol. The van der Waals surface area contributed by atoms with Gasteiger partial charge in [0.25, 0.3) is 0 Å². The van der Waals surface area contributed by atoms with Crippen LogP contribution < -0.4 is 4.74 Å². The monoisotopic (exact) mass is 359 g/mol. The van der Waals surface area contributed by atoms with Gasteiger partial charge < -0.3 is 9.30 Å². The van der Waals surface area contributed by atoms with E-state index < -0.39 is 0 Å². The van der Waals surface area contributed by atoms with Crippen LogP contribution in [0.2, 0.25) is 0 Å². The maximum absolute atomic E-state index is 9.21. The van der Waals surface area contributed by atoms with Crippen molar-refractivity contribution in [3.05, 3.63) is 59.3 Å². The minimum atomic E-state index is 0.609. The van der Waals surface area contributed by atoms with Gasteiger partial charge >= 0.3 is 0 Å². The Kier molecular flexibility index (Phi) is 4.87. The average molecular weight is 359 g/mol. The molecule has 0 aliphatic carbocycles. The first kappa shape index (κ1) is 17.6. The Morgan fingerprint density at radius 2 is 1.85 bits per heavy atom. The lowest BCUT2D eigenvalue weighted by Crippen LogP contribution is -2.29. The van der Waals surface area contributed by atoms with Gasteiger partial charge in [-0.15, -0.1) is 0 Å². The van der Waals surface area contributed by atoms with Crippen molar-refractivity contribution in [2.75, 3.05) is 20.2 Å². The lowest BCUT2D eigenvalue weighted by molar-refractivity contribution is 0.221. The van der Waals surface area contributed by atoms with Crippen LogP contribution in [0, 0.1) is 18.3 Å². The van der Waals surface area contributed by atoms with Crippen molar-refractivity contribution in [2.45, 2.75) is 32.7 Å². The van der Waals surface area contributed by atoms with E-state index in [4.69, 9.17) is 4.74 Å². The molecule has 27 heavy (non-hydrogen) atoms. The van der Waals surface area contributed by atoms with Gasteiger partial charge in [-0.3, -0.25) is 4.90 Å². The van der Waals surface area contributed by atoms with Gasteiger partial charge in [0.1, 0.15) is 5.75 Å². The molecule has 0 spiro atoms. The summed E-state index contributed by atoms with van der Waals surface area (Å²) in [5, 5.41) is 10.5. The van der Waals surface area contributed by atoms with Crippen molar-refractivity contribution in [2.24, 2.45) is 0 Å². The molecule has 1 aromatic heterocycles. The maximum Gasteiger partial charge on any atom is 0.144 e. The first-order valence-corrected chi connectivity index (χ1v) is 9.62. The number of methoxy groups -OCH3 is 1. The van der Waals surface area contributed by atoms with Crippen LogP contribution in [0.25, 0.3) is 16.6 Å². The molecule has 1 aliphatic rings. The summed E-state index contributed by atoms with van der Waals surface area (Å²) < 4.78 is 7.90. The largest absolute Gasteiger partial charge is 0.495 e. The Hall–Kier alpha value is -2.77. The third-order valence-electron chi connectivity index (χ3n) is 5.62. The van der Waals surface area contributed by atoms with E-state index in [1.807, 2.05) is 18.2 Å². The molecule has 3 aromatic rings. The van der Waals surface area contributed by atoms with Crippen LogP contribution in [-0.2, 0) is 6.54 Å². The molecule has 138 valence electrons. The molecule has 0 bridgehead atoms. The van der Waals surface area contributed by atoms with Crippen LogP contribution in [0.15, 0.2) is 42.5 Å². The molecule has 1 fully saturated rings. The molecule has 1 aliphatic heterocycles. The fourth-order valence-electron chi connectivity index (χ4n) is 4.22. The Balaban J connectivity index is 1.87. The third kappa shape index (κ3) is 3.20. The van der Waals surface area contributed by atoms with Gasteiger partial charge in [0.05, 0.1) is 29.9 Å². The highest BCUT2D eigenvalue weighted by Gasteiger charge is 2.20. The summed E-state index contributed by atoms with van der Waals surface area (Å²) in [7, 11) is 1.66. The number of piperidine rings is 1. The standard InChI is InChI=1S/C23H25N3O/c1-17-20(16-25-12-6-3-7-13-25)19-8-4-5-9-21(19)26(17)22-11-10-18(15-24)14-23(22)27-2/h4-5,8-11,14H,3,6-7,12-13,16H2,1-2H3. The Morgan fingerprint density at radius 3 is 2.59 bits per heavy atom. The molecule has 2 aromatic carbocycles. The molecule has 1 saturated heterocycles. The van der Waals surface area contributed by atoms with Crippen LogP contribution in [0.4, 0.5) is 0 Å². The van der Waals surface area contributed by atoms with Gasteiger partial charge in [-0.2, -0.15) is 5.26 Å². The molecular formula is C23H25N3O. The molecule has 0 radical (unpaired) electrons. The van der Waals surface area contributed by atoms with Crippen molar-refractivity contribution in [3.8, 4) is 17.5 Å². The second-order valence-corrected chi connectivity index (χ2v) is 7.25. The zero-order valence-corrected chi connectivity index (χ0v) is 16.0. The molecule has 0 unspecified atom stereocenters. The van der Waals surface area contributed by atoms with Gasteiger partial charge in [0.2, 0.25) is 0 Å². The second-order valence-electron chi connectivity index (χ2n) is 7.25. The highest BCUT2D eigenvalue weighted by Crippen LogP contribution is 2.34. The Labute approximate surface area is 160 Å². The topological polar surface area (TPSA) is 41.2 Å². The van der Waals surface area contributed by atoms with E-state index in [9.17, 15) is 5.26 Å². The summed E-state index contributed by atoms with van der Waals surface area (Å²) >= 11 is 0. The van der Waals surface area contributed by atoms with Crippen molar-refractivity contribution in [1.29, 1.82) is 5.26 Å². The van der Waals surface area contributed by atoms with E-state index in [1.54, 1.807) is 7.11 Å². The number of para-hydroxylation sites is 1. The van der Waals surface area contributed by atoms with Crippen molar-refractivity contribution >= 4 is 10.9 Å². The van der Waals surface area contributed by atoms with Gasteiger partial charge in [-0.1, -0.05) is 24.6 Å². The zero-order chi connectivity index (χ0) is 18.8. The Bertz CT molecular complexity index is 1010. The number of likely N-dealkylation sites (tertiary alicyclic amines) is 1. The molecule has 4 rings (SSSR count). The van der Waals surface area contributed by atoms with E-state index in [0.717, 1.165) is 18.0 Å². The summed E-state index contributed by atoms with van der Waals surface area (Å²) in [4.78, 5) is 2.57. The first-order valence-electron chi connectivity index (χ1n) is 9.62.